The van der Waals surface area contributed by atoms with Crippen molar-refractivity contribution in [3.05, 3.63) is 57.3 Å². The highest BCUT2D eigenvalue weighted by molar-refractivity contribution is 9.10. The van der Waals surface area contributed by atoms with E-state index in [0.29, 0.717) is 5.69 Å². The Morgan fingerprint density at radius 1 is 1.37 bits per heavy atom. The Bertz CT molecular complexity index is 607. The number of nitrogens with zero attached hydrogens (tertiary/aromatic N) is 1. The minimum atomic E-state index is -0.871. The molecule has 6 heteroatoms. The van der Waals surface area contributed by atoms with Crippen LogP contribution in [0.25, 0.3) is 0 Å². The molecular formula is C13H10BrClF2N2. The molecular weight excluding hydrogens is 338 g/mol. The lowest BCUT2D eigenvalue weighted by molar-refractivity contribution is 0.494. The number of hydrogen-bond donors (Lipinski definition) is 1. The fourth-order valence-electron chi connectivity index (χ4n) is 1.69. The zero-order valence-corrected chi connectivity index (χ0v) is 12.3. The van der Waals surface area contributed by atoms with E-state index in [1.165, 1.54) is 12.1 Å². The van der Waals surface area contributed by atoms with Gasteiger partial charge in [-0.25, -0.2) is 13.8 Å². The minimum Gasteiger partial charge on any atom is -0.376 e. The van der Waals surface area contributed by atoms with Gasteiger partial charge in [-0.1, -0.05) is 23.7 Å². The highest BCUT2D eigenvalue weighted by Crippen LogP contribution is 2.28. The van der Waals surface area contributed by atoms with Gasteiger partial charge in [-0.3, -0.25) is 0 Å². The van der Waals surface area contributed by atoms with Crippen molar-refractivity contribution in [2.45, 2.75) is 13.0 Å². The third-order valence-electron chi connectivity index (χ3n) is 2.63. The molecule has 0 spiro atoms. The molecule has 1 aromatic heterocycles. The van der Waals surface area contributed by atoms with Crippen LogP contribution in [0.4, 0.5) is 14.5 Å². The number of rotatable bonds is 3. The molecule has 0 aliphatic heterocycles. The molecule has 1 N–H and O–H groups in total. The molecule has 1 heterocycles. The molecule has 0 saturated carbocycles. The van der Waals surface area contributed by atoms with Crippen LogP contribution in [-0.4, -0.2) is 4.98 Å². The molecule has 0 radical (unpaired) electrons. The summed E-state index contributed by atoms with van der Waals surface area (Å²) in [5.41, 5.74) is 0.781. The van der Waals surface area contributed by atoms with Gasteiger partial charge in [0.25, 0.3) is 0 Å². The van der Waals surface area contributed by atoms with Crippen molar-refractivity contribution in [1.29, 1.82) is 0 Å². The fourth-order valence-corrected chi connectivity index (χ4v) is 2.18. The third kappa shape index (κ3) is 3.22. The van der Waals surface area contributed by atoms with Crippen molar-refractivity contribution in [1.82, 2.24) is 4.98 Å². The Balaban J connectivity index is 2.28. The van der Waals surface area contributed by atoms with E-state index in [0.717, 1.165) is 10.5 Å². The van der Waals surface area contributed by atoms with Crippen molar-refractivity contribution in [2.24, 2.45) is 0 Å². The number of pyridine rings is 1. The predicted molar refractivity (Wildman–Crippen MR) is 75.3 cm³/mol. The van der Waals surface area contributed by atoms with Crippen LogP contribution in [-0.2, 0) is 0 Å². The number of benzene rings is 1. The number of aromatic nitrogens is 1. The lowest BCUT2D eigenvalue weighted by Crippen LogP contribution is -2.10. The van der Waals surface area contributed by atoms with Crippen LogP contribution in [0.1, 0.15) is 18.5 Å². The molecule has 1 unspecified atom stereocenters. The van der Waals surface area contributed by atoms with Gasteiger partial charge >= 0.3 is 0 Å². The van der Waals surface area contributed by atoms with Crippen molar-refractivity contribution < 1.29 is 8.78 Å². The maximum atomic E-state index is 13.7. The lowest BCUT2D eigenvalue weighted by atomic mass is 10.1. The summed E-state index contributed by atoms with van der Waals surface area (Å²) in [6.45, 7) is 1.72. The highest BCUT2D eigenvalue weighted by Gasteiger charge is 2.15. The largest absolute Gasteiger partial charge is 0.376 e. The van der Waals surface area contributed by atoms with Crippen LogP contribution in [0.5, 0.6) is 0 Å². The van der Waals surface area contributed by atoms with E-state index < -0.39 is 17.7 Å². The summed E-state index contributed by atoms with van der Waals surface area (Å²) in [5, 5.41) is 3.27. The average molecular weight is 348 g/mol. The van der Waals surface area contributed by atoms with Gasteiger partial charge in [0.1, 0.15) is 0 Å². The van der Waals surface area contributed by atoms with Crippen molar-refractivity contribution in [3.8, 4) is 0 Å². The number of halogens is 4. The van der Waals surface area contributed by atoms with E-state index >= 15 is 0 Å². The second kappa shape index (κ2) is 5.84. The van der Waals surface area contributed by atoms with Crippen LogP contribution in [0.15, 0.2) is 34.9 Å². The summed E-state index contributed by atoms with van der Waals surface area (Å²) in [4.78, 5) is 3.95. The molecule has 0 fully saturated rings. The summed E-state index contributed by atoms with van der Waals surface area (Å²) in [5.74, 6) is -1.73. The molecule has 100 valence electrons. The number of hydrogen-bond acceptors (Lipinski definition) is 2. The maximum Gasteiger partial charge on any atom is 0.164 e. The van der Waals surface area contributed by atoms with Crippen LogP contribution in [0.3, 0.4) is 0 Å². The van der Waals surface area contributed by atoms with Gasteiger partial charge in [0.05, 0.1) is 11.7 Å². The highest BCUT2D eigenvalue weighted by atomic mass is 79.9. The number of anilines is 1. The second-order valence-corrected chi connectivity index (χ2v) is 5.27. The van der Waals surface area contributed by atoms with Crippen molar-refractivity contribution in [3.63, 3.8) is 0 Å². The van der Waals surface area contributed by atoms with E-state index in [1.807, 2.05) is 0 Å². The first kappa shape index (κ1) is 14.2. The monoisotopic (exact) mass is 346 g/mol. The molecule has 0 saturated heterocycles. The molecule has 0 bridgehead atoms. The fraction of sp³-hybridized carbons (Fsp3) is 0.154. The first-order valence-electron chi connectivity index (χ1n) is 5.50. The summed E-state index contributed by atoms with van der Waals surface area (Å²) < 4.78 is 27.6. The van der Waals surface area contributed by atoms with E-state index in [9.17, 15) is 8.78 Å². The molecule has 2 rings (SSSR count). The smallest absolute Gasteiger partial charge is 0.164 e. The van der Waals surface area contributed by atoms with Gasteiger partial charge in [-0.15, -0.1) is 0 Å². The van der Waals surface area contributed by atoms with E-state index in [-0.39, 0.29) is 10.7 Å². The Hall–Kier alpha value is -1.20. The Morgan fingerprint density at radius 2 is 2.11 bits per heavy atom. The Morgan fingerprint density at radius 3 is 2.84 bits per heavy atom. The zero-order chi connectivity index (χ0) is 14.0. The quantitative estimate of drug-likeness (QED) is 0.795. The topological polar surface area (TPSA) is 24.9 Å². The van der Waals surface area contributed by atoms with E-state index in [2.05, 4.69) is 26.2 Å². The standard InChI is InChI=1S/C13H10BrClF2N2/c1-7(9-3-2-4-10(16)12(9)17)19-11-5-8(14)6-18-13(11)15/h2-7,19H,1H3. The molecule has 0 aliphatic carbocycles. The molecule has 1 atom stereocenters. The Kier molecular flexibility index (Phi) is 4.37. The molecule has 2 nitrogen and oxygen atoms in total. The van der Waals surface area contributed by atoms with Crippen molar-refractivity contribution >= 4 is 33.2 Å². The maximum absolute atomic E-state index is 13.7. The van der Waals surface area contributed by atoms with E-state index in [1.54, 1.807) is 19.2 Å². The zero-order valence-electron chi connectivity index (χ0n) is 9.92. The van der Waals surface area contributed by atoms with Gasteiger partial charge in [-0.05, 0) is 35.0 Å². The van der Waals surface area contributed by atoms with Crippen LogP contribution >= 0.6 is 27.5 Å². The normalized spacial score (nSPS) is 12.3. The summed E-state index contributed by atoms with van der Waals surface area (Å²) in [6.07, 6.45) is 1.56. The third-order valence-corrected chi connectivity index (χ3v) is 3.36. The molecule has 1 aromatic carbocycles. The molecule has 2 aromatic rings. The summed E-state index contributed by atoms with van der Waals surface area (Å²) in [6, 6.07) is 5.36. The number of nitrogens with one attached hydrogen (secondary N) is 1. The van der Waals surface area contributed by atoms with Gasteiger partial charge < -0.3 is 5.32 Å². The minimum absolute atomic E-state index is 0.232. The average Bonchev–Trinajstić information content (AvgIpc) is 2.37. The van der Waals surface area contributed by atoms with Gasteiger partial charge in [0, 0.05) is 16.2 Å². The lowest BCUT2D eigenvalue weighted by Gasteiger charge is -2.17. The predicted octanol–water partition coefficient (Wildman–Crippen LogP) is 4.95. The first-order valence-corrected chi connectivity index (χ1v) is 6.67. The SMILES string of the molecule is CC(Nc1cc(Br)cnc1Cl)c1cccc(F)c1F. The van der Waals surface area contributed by atoms with Crippen LogP contribution in [0, 0.1) is 11.6 Å². The van der Waals surface area contributed by atoms with Gasteiger partial charge in [0.15, 0.2) is 16.8 Å². The van der Waals surface area contributed by atoms with Gasteiger partial charge in [-0.2, -0.15) is 0 Å². The second-order valence-electron chi connectivity index (χ2n) is 4.00. The molecule has 0 aliphatic rings. The summed E-state index contributed by atoms with van der Waals surface area (Å²) >= 11 is 9.21. The van der Waals surface area contributed by atoms with E-state index in [4.69, 9.17) is 11.6 Å². The first-order chi connectivity index (χ1) is 8.99. The van der Waals surface area contributed by atoms with Crippen LogP contribution in [0.2, 0.25) is 5.15 Å². The molecule has 0 amide bonds. The summed E-state index contributed by atoms with van der Waals surface area (Å²) in [7, 11) is 0. The molecule has 19 heavy (non-hydrogen) atoms. The van der Waals surface area contributed by atoms with Gasteiger partial charge in [0.2, 0.25) is 0 Å². The Labute approximate surface area is 122 Å². The van der Waals surface area contributed by atoms with Crippen LogP contribution < -0.4 is 5.32 Å². The van der Waals surface area contributed by atoms with Crippen molar-refractivity contribution in [2.75, 3.05) is 5.32 Å².